The van der Waals surface area contributed by atoms with E-state index in [0.29, 0.717) is 18.8 Å². The lowest BCUT2D eigenvalue weighted by Crippen LogP contribution is -2.34. The third-order valence-corrected chi connectivity index (χ3v) is 5.25. The molecule has 0 aliphatic carbocycles. The molecule has 7 heteroatoms. The molecule has 2 N–H and O–H groups in total. The minimum Gasteiger partial charge on any atom is -0.490 e. The van der Waals surface area contributed by atoms with Crippen LogP contribution in [0.1, 0.15) is 12.5 Å². The Hall–Kier alpha value is -0.630. The van der Waals surface area contributed by atoms with Crippen molar-refractivity contribution in [3.63, 3.8) is 0 Å². The monoisotopic (exact) mass is 379 g/mol. The average Bonchev–Trinajstić information content (AvgIpc) is 2.43. The first-order valence-electron chi connectivity index (χ1n) is 6.82. The van der Waals surface area contributed by atoms with Gasteiger partial charge in [0.25, 0.3) is 0 Å². The summed E-state index contributed by atoms with van der Waals surface area (Å²) in [5, 5.41) is 12.7. The number of benzene rings is 1. The molecule has 0 aliphatic heterocycles. The maximum Gasteiger partial charge on any atom is 0.151 e. The van der Waals surface area contributed by atoms with Gasteiger partial charge in [-0.3, -0.25) is 0 Å². The predicted octanol–water partition coefficient (Wildman–Crippen LogP) is 1.52. The van der Waals surface area contributed by atoms with Crippen LogP contribution in [0.2, 0.25) is 0 Å². The second-order valence-electron chi connectivity index (χ2n) is 4.84. The molecule has 0 spiro atoms. The molecular formula is C14H22BrNO4S. The molecule has 0 bridgehead atoms. The number of aliphatic hydroxyl groups is 1. The van der Waals surface area contributed by atoms with Crippen LogP contribution < -0.4 is 10.1 Å². The van der Waals surface area contributed by atoms with Crippen LogP contribution in [0.5, 0.6) is 5.75 Å². The summed E-state index contributed by atoms with van der Waals surface area (Å²) in [6.07, 6.45) is -0.692. The van der Waals surface area contributed by atoms with E-state index in [0.717, 1.165) is 10.0 Å². The second kappa shape index (κ2) is 8.73. The standard InChI is InChI=1S/C14H22BrNO4S/c1-3-21(18,19)7-6-16-9-12(17)10-20-14-5-4-11(2)8-13(14)15/h4-5,8,12,16-17H,3,6-7,9-10H2,1-2H3. The Morgan fingerprint density at radius 2 is 2.14 bits per heavy atom. The molecule has 21 heavy (non-hydrogen) atoms. The van der Waals surface area contributed by atoms with E-state index < -0.39 is 15.9 Å². The lowest BCUT2D eigenvalue weighted by atomic mass is 10.2. The van der Waals surface area contributed by atoms with Crippen molar-refractivity contribution in [3.05, 3.63) is 28.2 Å². The summed E-state index contributed by atoms with van der Waals surface area (Å²) in [6.45, 7) is 4.38. The second-order valence-corrected chi connectivity index (χ2v) is 8.17. The zero-order valence-electron chi connectivity index (χ0n) is 12.3. The molecule has 1 rings (SSSR count). The summed E-state index contributed by atoms with van der Waals surface area (Å²) in [5.41, 5.74) is 1.12. The van der Waals surface area contributed by atoms with Gasteiger partial charge in [0, 0.05) is 18.8 Å². The highest BCUT2D eigenvalue weighted by Gasteiger charge is 2.09. The smallest absolute Gasteiger partial charge is 0.151 e. The van der Waals surface area contributed by atoms with Crippen molar-refractivity contribution in [2.45, 2.75) is 20.0 Å². The molecule has 1 aromatic carbocycles. The van der Waals surface area contributed by atoms with E-state index in [4.69, 9.17) is 4.74 Å². The molecule has 5 nitrogen and oxygen atoms in total. The fourth-order valence-electron chi connectivity index (χ4n) is 1.61. The van der Waals surface area contributed by atoms with Crippen LogP contribution in [-0.4, -0.2) is 50.8 Å². The minimum absolute atomic E-state index is 0.0839. The maximum atomic E-state index is 11.3. The molecule has 0 heterocycles. The molecule has 0 radical (unpaired) electrons. The van der Waals surface area contributed by atoms with E-state index in [9.17, 15) is 13.5 Å². The summed E-state index contributed by atoms with van der Waals surface area (Å²) >= 11 is 3.40. The zero-order chi connectivity index (χ0) is 15.9. The molecular weight excluding hydrogens is 358 g/mol. The third-order valence-electron chi connectivity index (χ3n) is 2.93. The van der Waals surface area contributed by atoms with Crippen LogP contribution in [0, 0.1) is 6.92 Å². The van der Waals surface area contributed by atoms with Crippen LogP contribution in [0.15, 0.2) is 22.7 Å². The van der Waals surface area contributed by atoms with E-state index >= 15 is 0 Å². The van der Waals surface area contributed by atoms with Gasteiger partial charge in [-0.1, -0.05) is 13.0 Å². The molecule has 120 valence electrons. The van der Waals surface area contributed by atoms with Gasteiger partial charge in [0.05, 0.1) is 10.2 Å². The van der Waals surface area contributed by atoms with Crippen molar-refractivity contribution < 1.29 is 18.3 Å². The molecule has 0 saturated heterocycles. The van der Waals surface area contributed by atoms with Gasteiger partial charge in [0.2, 0.25) is 0 Å². The van der Waals surface area contributed by atoms with Crippen molar-refractivity contribution in [1.82, 2.24) is 5.32 Å². The average molecular weight is 380 g/mol. The van der Waals surface area contributed by atoms with E-state index in [2.05, 4.69) is 21.2 Å². The van der Waals surface area contributed by atoms with Gasteiger partial charge in [0.1, 0.15) is 18.5 Å². The van der Waals surface area contributed by atoms with E-state index in [1.54, 1.807) is 6.92 Å². The lowest BCUT2D eigenvalue weighted by molar-refractivity contribution is 0.106. The lowest BCUT2D eigenvalue weighted by Gasteiger charge is -2.14. The van der Waals surface area contributed by atoms with Gasteiger partial charge in [-0.2, -0.15) is 0 Å². The summed E-state index contributed by atoms with van der Waals surface area (Å²) in [7, 11) is -2.96. The first-order valence-corrected chi connectivity index (χ1v) is 9.43. The highest BCUT2D eigenvalue weighted by atomic mass is 79.9. The van der Waals surface area contributed by atoms with E-state index in [-0.39, 0.29) is 18.1 Å². The van der Waals surface area contributed by atoms with Crippen LogP contribution >= 0.6 is 15.9 Å². The van der Waals surface area contributed by atoms with Gasteiger partial charge in [-0.15, -0.1) is 0 Å². The number of aryl methyl sites for hydroxylation is 1. The van der Waals surface area contributed by atoms with Gasteiger partial charge in [-0.25, -0.2) is 8.42 Å². The van der Waals surface area contributed by atoms with Crippen LogP contribution in [0.3, 0.4) is 0 Å². The van der Waals surface area contributed by atoms with E-state index in [1.165, 1.54) is 0 Å². The summed E-state index contributed by atoms with van der Waals surface area (Å²) in [5.74, 6) is 0.899. The Labute approximate surface area is 134 Å². The van der Waals surface area contributed by atoms with Crippen molar-refractivity contribution in [2.75, 3.05) is 31.2 Å². The fourth-order valence-corrected chi connectivity index (χ4v) is 2.96. The SMILES string of the molecule is CCS(=O)(=O)CCNCC(O)COc1ccc(C)cc1Br. The van der Waals surface area contributed by atoms with Gasteiger partial charge >= 0.3 is 0 Å². The number of rotatable bonds is 9. The summed E-state index contributed by atoms with van der Waals surface area (Å²) in [6, 6.07) is 5.71. The first-order chi connectivity index (χ1) is 9.84. The Morgan fingerprint density at radius 1 is 1.43 bits per heavy atom. The first kappa shape index (κ1) is 18.4. The number of halogens is 1. The zero-order valence-corrected chi connectivity index (χ0v) is 14.7. The molecule has 0 aromatic heterocycles. The maximum absolute atomic E-state index is 11.3. The topological polar surface area (TPSA) is 75.6 Å². The minimum atomic E-state index is -2.96. The Morgan fingerprint density at radius 3 is 2.76 bits per heavy atom. The molecule has 1 unspecified atom stereocenters. The highest BCUT2D eigenvalue weighted by Crippen LogP contribution is 2.25. The van der Waals surface area contributed by atoms with Crippen molar-refractivity contribution >= 4 is 25.8 Å². The quantitative estimate of drug-likeness (QED) is 0.636. The van der Waals surface area contributed by atoms with Crippen molar-refractivity contribution in [2.24, 2.45) is 0 Å². The predicted molar refractivity (Wildman–Crippen MR) is 87.6 cm³/mol. The largest absolute Gasteiger partial charge is 0.490 e. The number of ether oxygens (including phenoxy) is 1. The van der Waals surface area contributed by atoms with Gasteiger partial charge in [-0.05, 0) is 40.5 Å². The number of sulfone groups is 1. The normalized spacial score (nSPS) is 13.1. The third kappa shape index (κ3) is 7.26. The van der Waals surface area contributed by atoms with E-state index in [1.807, 2.05) is 25.1 Å². The number of hydrogen-bond acceptors (Lipinski definition) is 5. The van der Waals surface area contributed by atoms with Crippen molar-refractivity contribution in [3.8, 4) is 5.75 Å². The molecule has 1 atom stereocenters. The number of hydrogen-bond donors (Lipinski definition) is 2. The Bertz CT molecular complexity index is 548. The van der Waals surface area contributed by atoms with Crippen LogP contribution in [-0.2, 0) is 9.84 Å². The van der Waals surface area contributed by atoms with Crippen LogP contribution in [0.4, 0.5) is 0 Å². The van der Waals surface area contributed by atoms with Gasteiger partial charge < -0.3 is 15.2 Å². The fraction of sp³-hybridized carbons (Fsp3) is 0.571. The number of aliphatic hydroxyl groups excluding tert-OH is 1. The Balaban J connectivity index is 2.26. The highest BCUT2D eigenvalue weighted by molar-refractivity contribution is 9.10. The van der Waals surface area contributed by atoms with Crippen molar-refractivity contribution in [1.29, 1.82) is 0 Å². The van der Waals surface area contributed by atoms with Crippen LogP contribution in [0.25, 0.3) is 0 Å². The molecule has 1 aromatic rings. The molecule has 0 fully saturated rings. The molecule has 0 aliphatic rings. The number of nitrogens with one attached hydrogen (secondary N) is 1. The molecule has 0 saturated carbocycles. The Kier molecular flexibility index (Phi) is 7.65. The van der Waals surface area contributed by atoms with Gasteiger partial charge in [0.15, 0.2) is 9.84 Å². The summed E-state index contributed by atoms with van der Waals surface area (Å²) in [4.78, 5) is 0. The molecule has 0 amide bonds. The summed E-state index contributed by atoms with van der Waals surface area (Å²) < 4.78 is 28.9.